The van der Waals surface area contributed by atoms with E-state index in [4.69, 9.17) is 4.42 Å². The summed E-state index contributed by atoms with van der Waals surface area (Å²) in [6, 6.07) is 11.9. The number of nitrogens with one attached hydrogen (secondary N) is 2. The molecule has 2 N–H and O–H groups in total. The van der Waals surface area contributed by atoms with E-state index >= 15 is 0 Å². The summed E-state index contributed by atoms with van der Waals surface area (Å²) >= 11 is 0. The molecule has 1 aromatic carbocycles. The number of oxazole rings is 1. The normalized spacial score (nSPS) is 10.5. The molecule has 0 saturated carbocycles. The zero-order valence-corrected chi connectivity index (χ0v) is 9.84. The first-order valence-electron chi connectivity index (χ1n) is 5.61. The van der Waals surface area contributed by atoms with E-state index in [9.17, 15) is 0 Å². The average molecular weight is 240 g/mol. The third-order valence-electron chi connectivity index (χ3n) is 2.56. The number of hydrogen-bond acceptors (Lipinski definition) is 5. The summed E-state index contributed by atoms with van der Waals surface area (Å²) < 4.78 is 5.56. The largest absolute Gasteiger partial charge is 0.423 e. The molecule has 0 aliphatic carbocycles. The fraction of sp³-hybridized carbons (Fsp3) is 0.0769. The highest BCUT2D eigenvalue weighted by Gasteiger charge is 2.04. The van der Waals surface area contributed by atoms with Gasteiger partial charge in [0.1, 0.15) is 11.3 Å². The van der Waals surface area contributed by atoms with Crippen LogP contribution in [-0.2, 0) is 0 Å². The Kier molecular flexibility index (Phi) is 2.57. The van der Waals surface area contributed by atoms with Gasteiger partial charge in [0.15, 0.2) is 5.58 Å². The molecular formula is C13H12N4O. The van der Waals surface area contributed by atoms with Crippen LogP contribution in [0.25, 0.3) is 11.1 Å². The van der Waals surface area contributed by atoms with E-state index in [2.05, 4.69) is 20.6 Å². The van der Waals surface area contributed by atoms with E-state index in [1.165, 1.54) is 0 Å². The van der Waals surface area contributed by atoms with Gasteiger partial charge >= 0.3 is 0 Å². The number of benzene rings is 1. The predicted molar refractivity (Wildman–Crippen MR) is 71.1 cm³/mol. The molecule has 0 unspecified atom stereocenters. The van der Waals surface area contributed by atoms with Gasteiger partial charge in [-0.25, -0.2) is 4.98 Å². The van der Waals surface area contributed by atoms with Gasteiger partial charge in [0.2, 0.25) is 0 Å². The van der Waals surface area contributed by atoms with Crippen LogP contribution in [0.3, 0.4) is 0 Å². The Hall–Kier alpha value is -2.56. The maximum absolute atomic E-state index is 5.56. The zero-order valence-electron chi connectivity index (χ0n) is 9.84. The van der Waals surface area contributed by atoms with E-state index in [1.54, 1.807) is 6.20 Å². The number of pyridine rings is 1. The van der Waals surface area contributed by atoms with Crippen LogP contribution in [0, 0.1) is 0 Å². The van der Waals surface area contributed by atoms with Gasteiger partial charge in [0.25, 0.3) is 6.01 Å². The molecule has 0 aliphatic rings. The number of para-hydroxylation sites is 2. The number of fused-ring (bicyclic) bond motifs is 1. The second kappa shape index (κ2) is 4.37. The summed E-state index contributed by atoms with van der Waals surface area (Å²) in [5.74, 6) is 0.818. The van der Waals surface area contributed by atoms with Crippen LogP contribution < -0.4 is 10.6 Å². The molecule has 0 bridgehead atoms. The molecule has 0 amide bonds. The molecule has 0 spiro atoms. The lowest BCUT2D eigenvalue weighted by molar-refractivity contribution is 0.623. The molecule has 5 nitrogen and oxygen atoms in total. The minimum absolute atomic E-state index is 0.468. The van der Waals surface area contributed by atoms with Crippen LogP contribution in [0.1, 0.15) is 0 Å². The second-order valence-corrected chi connectivity index (χ2v) is 3.79. The van der Waals surface area contributed by atoms with Gasteiger partial charge in [-0.1, -0.05) is 12.1 Å². The number of hydrogen-bond donors (Lipinski definition) is 2. The lowest BCUT2D eigenvalue weighted by Gasteiger charge is -2.02. The molecule has 2 heterocycles. The third kappa shape index (κ3) is 1.98. The van der Waals surface area contributed by atoms with E-state index in [-0.39, 0.29) is 0 Å². The molecule has 3 rings (SSSR count). The highest BCUT2D eigenvalue weighted by molar-refractivity contribution is 5.75. The highest BCUT2D eigenvalue weighted by Crippen LogP contribution is 2.21. The summed E-state index contributed by atoms with van der Waals surface area (Å²) in [7, 11) is 1.83. The molecule has 2 aromatic heterocycles. The van der Waals surface area contributed by atoms with Gasteiger partial charge < -0.3 is 15.1 Å². The molecular weight excluding hydrogens is 228 g/mol. The lowest BCUT2D eigenvalue weighted by atomic mass is 10.3. The smallest absolute Gasteiger partial charge is 0.300 e. The summed E-state index contributed by atoms with van der Waals surface area (Å²) in [6.07, 6.45) is 1.72. The molecule has 18 heavy (non-hydrogen) atoms. The Balaban J connectivity index is 1.86. The van der Waals surface area contributed by atoms with Crippen molar-refractivity contribution in [1.82, 2.24) is 9.97 Å². The zero-order chi connectivity index (χ0) is 12.4. The van der Waals surface area contributed by atoms with E-state index < -0.39 is 0 Å². The van der Waals surface area contributed by atoms with E-state index in [0.717, 1.165) is 22.6 Å². The molecule has 0 saturated heterocycles. The fourth-order valence-corrected chi connectivity index (χ4v) is 1.66. The first-order valence-corrected chi connectivity index (χ1v) is 5.61. The monoisotopic (exact) mass is 240 g/mol. The van der Waals surface area contributed by atoms with Gasteiger partial charge in [-0.3, -0.25) is 0 Å². The maximum Gasteiger partial charge on any atom is 0.300 e. The van der Waals surface area contributed by atoms with Crippen molar-refractivity contribution in [3.63, 3.8) is 0 Å². The number of rotatable bonds is 3. The van der Waals surface area contributed by atoms with Gasteiger partial charge in [-0.2, -0.15) is 4.98 Å². The van der Waals surface area contributed by atoms with Gasteiger partial charge in [-0.15, -0.1) is 0 Å². The Morgan fingerprint density at radius 3 is 2.72 bits per heavy atom. The average Bonchev–Trinajstić information content (AvgIpc) is 2.82. The van der Waals surface area contributed by atoms with Gasteiger partial charge in [0.05, 0.1) is 11.9 Å². The van der Waals surface area contributed by atoms with Crippen LogP contribution >= 0.6 is 0 Å². The van der Waals surface area contributed by atoms with Crippen molar-refractivity contribution in [3.8, 4) is 0 Å². The van der Waals surface area contributed by atoms with E-state index in [1.807, 2.05) is 43.4 Å². The quantitative estimate of drug-likeness (QED) is 0.736. The third-order valence-corrected chi connectivity index (χ3v) is 2.56. The highest BCUT2D eigenvalue weighted by atomic mass is 16.4. The van der Waals surface area contributed by atoms with Gasteiger partial charge in [-0.05, 0) is 24.3 Å². The first-order chi connectivity index (χ1) is 8.85. The molecule has 0 radical (unpaired) electrons. The SMILES string of the molecule is CNc1ccc(Nc2nc3ccccc3o2)cn1. The molecule has 90 valence electrons. The maximum atomic E-state index is 5.56. The van der Waals surface area contributed by atoms with Crippen molar-refractivity contribution >= 4 is 28.6 Å². The Morgan fingerprint density at radius 1 is 1.11 bits per heavy atom. The van der Waals surface area contributed by atoms with Crippen molar-refractivity contribution in [2.45, 2.75) is 0 Å². The van der Waals surface area contributed by atoms with Crippen molar-refractivity contribution in [2.75, 3.05) is 17.7 Å². The topological polar surface area (TPSA) is 63.0 Å². The standard InChI is InChI=1S/C13H12N4O/c1-14-12-7-6-9(8-15-12)16-13-17-10-4-2-3-5-11(10)18-13/h2-8H,1H3,(H,14,15)(H,16,17). The number of anilines is 3. The predicted octanol–water partition coefficient (Wildman–Crippen LogP) is 3.01. The van der Waals surface area contributed by atoms with Crippen molar-refractivity contribution in [1.29, 1.82) is 0 Å². The second-order valence-electron chi connectivity index (χ2n) is 3.79. The van der Waals surface area contributed by atoms with Crippen LogP contribution in [0.2, 0.25) is 0 Å². The Morgan fingerprint density at radius 2 is 2.00 bits per heavy atom. The minimum Gasteiger partial charge on any atom is -0.423 e. The molecule has 3 aromatic rings. The first kappa shape index (κ1) is 10.6. The molecule has 0 atom stereocenters. The van der Waals surface area contributed by atoms with Crippen molar-refractivity contribution in [2.24, 2.45) is 0 Å². The number of aromatic nitrogens is 2. The number of nitrogens with zero attached hydrogens (tertiary/aromatic N) is 2. The van der Waals surface area contributed by atoms with Crippen LogP contribution in [0.15, 0.2) is 47.0 Å². The molecule has 0 fully saturated rings. The van der Waals surface area contributed by atoms with Crippen LogP contribution in [0.4, 0.5) is 17.5 Å². The van der Waals surface area contributed by atoms with Gasteiger partial charge in [0, 0.05) is 7.05 Å². The fourth-order valence-electron chi connectivity index (χ4n) is 1.66. The van der Waals surface area contributed by atoms with Crippen molar-refractivity contribution in [3.05, 3.63) is 42.6 Å². The Labute approximate surface area is 104 Å². The summed E-state index contributed by atoms with van der Waals surface area (Å²) in [4.78, 5) is 8.53. The lowest BCUT2D eigenvalue weighted by Crippen LogP contribution is -1.94. The molecule has 5 heteroatoms. The summed E-state index contributed by atoms with van der Waals surface area (Å²) in [5, 5.41) is 6.04. The molecule has 0 aliphatic heterocycles. The minimum atomic E-state index is 0.468. The van der Waals surface area contributed by atoms with Crippen LogP contribution in [-0.4, -0.2) is 17.0 Å². The van der Waals surface area contributed by atoms with E-state index in [0.29, 0.717) is 6.01 Å². The summed E-state index contributed by atoms with van der Waals surface area (Å²) in [5.41, 5.74) is 2.43. The Bertz CT molecular complexity index is 627. The summed E-state index contributed by atoms with van der Waals surface area (Å²) in [6.45, 7) is 0. The van der Waals surface area contributed by atoms with Crippen molar-refractivity contribution < 1.29 is 4.42 Å². The van der Waals surface area contributed by atoms with Crippen LogP contribution in [0.5, 0.6) is 0 Å².